The molecule has 0 amide bonds. The minimum Gasteiger partial charge on any atom is -0.372 e. The zero-order chi connectivity index (χ0) is 14.1. The van der Waals surface area contributed by atoms with Crippen molar-refractivity contribution in [3.05, 3.63) is 48.4 Å². The molecule has 0 unspecified atom stereocenters. The van der Waals surface area contributed by atoms with Gasteiger partial charge in [-0.1, -0.05) is 11.8 Å². The summed E-state index contributed by atoms with van der Waals surface area (Å²) in [6.45, 7) is 0. The minimum atomic E-state index is -0.488. The maximum atomic E-state index is 13.7. The fourth-order valence-electron chi connectivity index (χ4n) is 1.75. The van der Waals surface area contributed by atoms with E-state index in [4.69, 9.17) is 0 Å². The summed E-state index contributed by atoms with van der Waals surface area (Å²) >= 11 is 1.04. The lowest BCUT2D eigenvalue weighted by Crippen LogP contribution is -1.98. The summed E-state index contributed by atoms with van der Waals surface area (Å²) in [5, 5.41) is 3.43. The summed E-state index contributed by atoms with van der Waals surface area (Å²) in [5.74, 6) is -0.356. The highest BCUT2D eigenvalue weighted by atomic mass is 32.2. The lowest BCUT2D eigenvalue weighted by Gasteiger charge is -2.07. The highest BCUT2D eigenvalue weighted by molar-refractivity contribution is 7.99. The Hall–Kier alpha value is -2.15. The van der Waals surface area contributed by atoms with Crippen LogP contribution in [0, 0.1) is 11.6 Å². The molecule has 20 heavy (non-hydrogen) atoms. The van der Waals surface area contributed by atoms with Gasteiger partial charge in [0.1, 0.15) is 22.5 Å². The molecule has 0 aliphatic heterocycles. The van der Waals surface area contributed by atoms with Crippen LogP contribution in [0.3, 0.4) is 0 Å². The molecule has 0 aliphatic carbocycles. The van der Waals surface area contributed by atoms with Gasteiger partial charge in [-0.25, -0.2) is 18.7 Å². The smallest absolute Gasteiger partial charge is 0.170 e. The van der Waals surface area contributed by atoms with Gasteiger partial charge in [-0.3, -0.25) is 0 Å². The molecule has 0 aliphatic rings. The first-order chi connectivity index (χ1) is 9.67. The van der Waals surface area contributed by atoms with E-state index in [-0.39, 0.29) is 4.90 Å². The number of halogens is 2. The van der Waals surface area contributed by atoms with Gasteiger partial charge in [0.05, 0.1) is 11.1 Å². The van der Waals surface area contributed by atoms with Crippen LogP contribution < -0.4 is 5.32 Å². The maximum absolute atomic E-state index is 13.7. The van der Waals surface area contributed by atoms with Crippen molar-refractivity contribution in [3.8, 4) is 0 Å². The zero-order valence-electron chi connectivity index (χ0n) is 10.5. The van der Waals surface area contributed by atoms with Crippen molar-refractivity contribution in [2.45, 2.75) is 9.92 Å². The fraction of sp³-hybridized carbons (Fsp3) is 0.0769. The van der Waals surface area contributed by atoms with Gasteiger partial charge in [0.2, 0.25) is 0 Å². The Labute approximate surface area is 117 Å². The normalized spacial score (nSPS) is 10.9. The van der Waals surface area contributed by atoms with Crippen molar-refractivity contribution in [1.82, 2.24) is 14.4 Å². The number of aromatic nitrogens is 3. The van der Waals surface area contributed by atoms with Gasteiger partial charge in [-0.2, -0.15) is 0 Å². The summed E-state index contributed by atoms with van der Waals surface area (Å²) in [7, 11) is 1.74. The van der Waals surface area contributed by atoms with Crippen LogP contribution in [0.5, 0.6) is 0 Å². The third-order valence-corrected chi connectivity index (χ3v) is 3.70. The minimum absolute atomic E-state index is 0.177. The first-order valence-corrected chi connectivity index (χ1v) is 6.63. The van der Waals surface area contributed by atoms with Crippen LogP contribution in [0.2, 0.25) is 0 Å². The molecule has 4 nitrogen and oxygen atoms in total. The van der Waals surface area contributed by atoms with E-state index in [1.807, 2.05) is 0 Å². The monoisotopic (exact) mass is 292 g/mol. The van der Waals surface area contributed by atoms with Gasteiger partial charge < -0.3 is 9.72 Å². The van der Waals surface area contributed by atoms with E-state index >= 15 is 0 Å². The average molecular weight is 292 g/mol. The summed E-state index contributed by atoms with van der Waals surface area (Å²) < 4.78 is 28.7. The highest BCUT2D eigenvalue weighted by Crippen LogP contribution is 2.32. The Morgan fingerprint density at radius 1 is 1.30 bits per heavy atom. The fourth-order valence-corrected chi connectivity index (χ4v) is 2.69. The van der Waals surface area contributed by atoms with Crippen molar-refractivity contribution < 1.29 is 8.78 Å². The lowest BCUT2D eigenvalue weighted by molar-refractivity contribution is 0.577. The third-order valence-electron chi connectivity index (χ3n) is 2.70. The third kappa shape index (κ3) is 2.32. The molecule has 0 bridgehead atoms. The molecule has 0 spiro atoms. The number of imidazole rings is 1. The quantitative estimate of drug-likeness (QED) is 0.805. The zero-order valence-corrected chi connectivity index (χ0v) is 11.3. The van der Waals surface area contributed by atoms with Crippen LogP contribution in [0.25, 0.3) is 5.65 Å². The van der Waals surface area contributed by atoms with Gasteiger partial charge in [-0.15, -0.1) is 0 Å². The summed E-state index contributed by atoms with van der Waals surface area (Å²) in [6.07, 6.45) is 5.17. The molecular weight excluding hydrogens is 282 g/mol. The SMILES string of the molecule is CNc1cn2ccnc2c(Sc2cc(F)ccc2F)n1. The molecule has 3 rings (SSSR count). The molecule has 0 saturated heterocycles. The largest absolute Gasteiger partial charge is 0.372 e. The van der Waals surface area contributed by atoms with Crippen LogP contribution in [0.1, 0.15) is 0 Å². The predicted octanol–water partition coefficient (Wildman–Crippen LogP) is 3.20. The molecule has 7 heteroatoms. The predicted molar refractivity (Wildman–Crippen MR) is 73.0 cm³/mol. The second-order valence-electron chi connectivity index (χ2n) is 4.02. The number of rotatable bonds is 3. The van der Waals surface area contributed by atoms with Crippen LogP contribution in [-0.4, -0.2) is 21.4 Å². The number of fused-ring (bicyclic) bond motifs is 1. The molecule has 2 aromatic heterocycles. The van der Waals surface area contributed by atoms with Crippen molar-refractivity contribution in [3.63, 3.8) is 0 Å². The van der Waals surface area contributed by atoms with Crippen molar-refractivity contribution in [2.75, 3.05) is 12.4 Å². The molecule has 1 N–H and O–H groups in total. The number of benzene rings is 1. The Balaban J connectivity index is 2.09. The summed E-state index contributed by atoms with van der Waals surface area (Å²) in [5.41, 5.74) is 0.595. The van der Waals surface area contributed by atoms with E-state index in [9.17, 15) is 8.78 Å². The molecule has 0 radical (unpaired) electrons. The van der Waals surface area contributed by atoms with Crippen molar-refractivity contribution >= 4 is 23.2 Å². The Morgan fingerprint density at radius 3 is 2.95 bits per heavy atom. The number of hydrogen-bond acceptors (Lipinski definition) is 4. The molecule has 102 valence electrons. The van der Waals surface area contributed by atoms with Crippen LogP contribution in [-0.2, 0) is 0 Å². The van der Waals surface area contributed by atoms with Gasteiger partial charge in [0.15, 0.2) is 5.65 Å². The van der Waals surface area contributed by atoms with Crippen LogP contribution >= 0.6 is 11.8 Å². The second-order valence-corrected chi connectivity index (χ2v) is 5.05. The van der Waals surface area contributed by atoms with Crippen LogP contribution in [0.15, 0.2) is 46.7 Å². The van der Waals surface area contributed by atoms with E-state index in [0.29, 0.717) is 16.5 Å². The number of nitrogens with zero attached hydrogens (tertiary/aromatic N) is 3. The van der Waals surface area contributed by atoms with Gasteiger partial charge in [0, 0.05) is 19.4 Å². The Morgan fingerprint density at radius 2 is 2.15 bits per heavy atom. The van der Waals surface area contributed by atoms with E-state index < -0.39 is 11.6 Å². The first kappa shape index (κ1) is 12.9. The van der Waals surface area contributed by atoms with E-state index in [1.165, 1.54) is 0 Å². The highest BCUT2D eigenvalue weighted by Gasteiger charge is 2.12. The maximum Gasteiger partial charge on any atom is 0.170 e. The molecule has 0 fully saturated rings. The number of anilines is 1. The molecule has 1 aromatic carbocycles. The summed E-state index contributed by atoms with van der Waals surface area (Å²) in [6, 6.07) is 3.33. The first-order valence-electron chi connectivity index (χ1n) is 5.82. The Kier molecular flexibility index (Phi) is 3.27. The van der Waals surface area contributed by atoms with Crippen LogP contribution in [0.4, 0.5) is 14.6 Å². The van der Waals surface area contributed by atoms with E-state index in [2.05, 4.69) is 15.3 Å². The molecular formula is C13H10F2N4S. The average Bonchev–Trinajstić information content (AvgIpc) is 2.91. The van der Waals surface area contributed by atoms with Gasteiger partial charge in [0.25, 0.3) is 0 Å². The molecule has 2 heterocycles. The van der Waals surface area contributed by atoms with E-state index in [1.54, 1.807) is 30.0 Å². The molecule has 3 aromatic rings. The molecule has 0 atom stereocenters. The lowest BCUT2D eigenvalue weighted by atomic mass is 10.3. The second kappa shape index (κ2) is 5.09. The van der Waals surface area contributed by atoms with Gasteiger partial charge >= 0.3 is 0 Å². The van der Waals surface area contributed by atoms with Crippen molar-refractivity contribution in [1.29, 1.82) is 0 Å². The summed E-state index contributed by atoms with van der Waals surface area (Å²) in [4.78, 5) is 8.69. The number of hydrogen-bond donors (Lipinski definition) is 1. The van der Waals surface area contributed by atoms with E-state index in [0.717, 1.165) is 30.0 Å². The molecule has 0 saturated carbocycles. The topological polar surface area (TPSA) is 42.2 Å². The van der Waals surface area contributed by atoms with Gasteiger partial charge in [-0.05, 0) is 18.2 Å². The standard InChI is InChI=1S/C13H10F2N4S/c1-16-11-7-19-5-4-17-12(19)13(18-11)20-10-6-8(14)2-3-9(10)15/h2-7,16H,1H3. The Bertz CT molecular complexity index is 772. The van der Waals surface area contributed by atoms with Crippen molar-refractivity contribution in [2.24, 2.45) is 0 Å². The number of nitrogens with one attached hydrogen (secondary N) is 1.